The summed E-state index contributed by atoms with van der Waals surface area (Å²) in [5.41, 5.74) is 4.61. The molecule has 1 nitrogen and oxygen atoms in total. The zero-order valence-electron chi connectivity index (χ0n) is 19.6. The molecular weight excluding hydrogens is 352 g/mol. The molecule has 0 spiro atoms. The van der Waals surface area contributed by atoms with Crippen LogP contribution in [0.25, 0.3) is 0 Å². The minimum absolute atomic E-state index is 0.182. The number of hydrogen-bond donors (Lipinski definition) is 1. The molecule has 0 unspecified atom stereocenters. The van der Waals surface area contributed by atoms with Gasteiger partial charge < -0.3 is 5.11 Å². The molecule has 3 fully saturated rings. The third-order valence-corrected chi connectivity index (χ3v) is 8.63. The Kier molecular flexibility index (Phi) is 7.31. The van der Waals surface area contributed by atoms with E-state index in [4.69, 9.17) is 0 Å². The Balaban J connectivity index is 1.75. The normalized spacial score (nSPS) is 38.2. The second kappa shape index (κ2) is 9.38. The van der Waals surface area contributed by atoms with E-state index in [1.165, 1.54) is 43.3 Å². The molecule has 0 aromatic rings. The zero-order chi connectivity index (χ0) is 21.2. The molecule has 3 rings (SSSR count). The van der Waals surface area contributed by atoms with E-state index in [2.05, 4.69) is 65.5 Å². The van der Waals surface area contributed by atoms with E-state index in [0.717, 1.165) is 37.0 Å². The van der Waals surface area contributed by atoms with E-state index < -0.39 is 0 Å². The van der Waals surface area contributed by atoms with E-state index >= 15 is 0 Å². The standard InChI is InChI=1S/C28H44O/c1-19(2)20(3)9-10-22(5)26-15-16-27-23(8-7-17-28(26,27)6)12-13-24-18-25(29)14-11-21(24)4/h9-10,12-13,19-20,22,25-27,29H,4,7-8,11,14-18H2,1-3,5-6H3/b10-9?,23-12+,24-13+/t20-,22+,25-,26+,27-,28+/m0/s1. The van der Waals surface area contributed by atoms with Crippen molar-refractivity contribution in [3.05, 3.63) is 47.6 Å². The lowest BCUT2D eigenvalue weighted by Gasteiger charge is -2.44. The maximum absolute atomic E-state index is 10.0. The molecule has 3 saturated carbocycles. The maximum atomic E-state index is 10.0. The molecule has 0 bridgehead atoms. The summed E-state index contributed by atoms with van der Waals surface area (Å²) in [4.78, 5) is 0. The molecule has 0 radical (unpaired) electrons. The summed E-state index contributed by atoms with van der Waals surface area (Å²) < 4.78 is 0. The smallest absolute Gasteiger partial charge is 0.0583 e. The van der Waals surface area contributed by atoms with Gasteiger partial charge in [-0.2, -0.15) is 0 Å². The summed E-state index contributed by atoms with van der Waals surface area (Å²) in [5, 5.41) is 10.0. The average Bonchev–Trinajstić information content (AvgIpc) is 3.04. The van der Waals surface area contributed by atoms with Gasteiger partial charge in [0.1, 0.15) is 0 Å². The lowest BCUT2D eigenvalue weighted by atomic mass is 9.61. The second-order valence-corrected chi connectivity index (χ2v) is 10.9. The second-order valence-electron chi connectivity index (χ2n) is 10.9. The van der Waals surface area contributed by atoms with E-state index in [1.807, 2.05) is 0 Å². The molecule has 3 aliphatic carbocycles. The summed E-state index contributed by atoms with van der Waals surface area (Å²) >= 11 is 0. The Morgan fingerprint density at radius 3 is 2.52 bits per heavy atom. The van der Waals surface area contributed by atoms with Gasteiger partial charge in [0.25, 0.3) is 0 Å². The van der Waals surface area contributed by atoms with E-state index in [0.29, 0.717) is 17.3 Å². The first-order chi connectivity index (χ1) is 13.7. The van der Waals surface area contributed by atoms with Crippen LogP contribution in [-0.4, -0.2) is 11.2 Å². The van der Waals surface area contributed by atoms with Gasteiger partial charge in [-0.25, -0.2) is 0 Å². The van der Waals surface area contributed by atoms with Crippen LogP contribution in [0.4, 0.5) is 0 Å². The van der Waals surface area contributed by atoms with E-state index in [1.54, 1.807) is 5.57 Å². The third kappa shape index (κ3) is 4.98. The molecule has 0 aromatic carbocycles. The van der Waals surface area contributed by atoms with Crippen LogP contribution in [-0.2, 0) is 0 Å². The van der Waals surface area contributed by atoms with Gasteiger partial charge in [-0.05, 0) is 91.9 Å². The Morgan fingerprint density at radius 1 is 1.03 bits per heavy atom. The van der Waals surface area contributed by atoms with Crippen LogP contribution in [0, 0.1) is 35.0 Å². The van der Waals surface area contributed by atoms with Gasteiger partial charge in [-0.3, -0.25) is 0 Å². The van der Waals surface area contributed by atoms with E-state index in [9.17, 15) is 5.11 Å². The topological polar surface area (TPSA) is 20.2 Å². The molecule has 0 saturated heterocycles. The first-order valence-electron chi connectivity index (χ1n) is 12.2. The van der Waals surface area contributed by atoms with Crippen LogP contribution < -0.4 is 0 Å². The predicted octanol–water partition coefficient (Wildman–Crippen LogP) is 7.64. The first kappa shape index (κ1) is 22.6. The van der Waals surface area contributed by atoms with Gasteiger partial charge in [0.15, 0.2) is 0 Å². The minimum atomic E-state index is -0.182. The van der Waals surface area contributed by atoms with Crippen molar-refractivity contribution in [2.24, 2.45) is 35.0 Å². The van der Waals surface area contributed by atoms with Crippen LogP contribution >= 0.6 is 0 Å². The van der Waals surface area contributed by atoms with Crippen molar-refractivity contribution in [1.29, 1.82) is 0 Å². The summed E-state index contributed by atoms with van der Waals surface area (Å²) in [5.74, 6) is 3.58. The predicted molar refractivity (Wildman–Crippen MR) is 126 cm³/mol. The monoisotopic (exact) mass is 396 g/mol. The first-order valence-corrected chi connectivity index (χ1v) is 12.2. The van der Waals surface area contributed by atoms with Gasteiger partial charge in [0.05, 0.1) is 6.10 Å². The number of allylic oxidation sites excluding steroid dienone is 6. The number of rotatable bonds is 5. The van der Waals surface area contributed by atoms with Gasteiger partial charge >= 0.3 is 0 Å². The highest BCUT2D eigenvalue weighted by molar-refractivity contribution is 5.36. The van der Waals surface area contributed by atoms with Crippen molar-refractivity contribution in [2.45, 2.75) is 92.1 Å². The Hall–Kier alpha value is -1.08. The highest BCUT2D eigenvalue weighted by Crippen LogP contribution is 2.59. The Morgan fingerprint density at radius 2 is 1.79 bits per heavy atom. The van der Waals surface area contributed by atoms with Gasteiger partial charge in [0.2, 0.25) is 0 Å². The van der Waals surface area contributed by atoms with Crippen molar-refractivity contribution in [2.75, 3.05) is 0 Å². The fourth-order valence-corrected chi connectivity index (χ4v) is 6.25. The average molecular weight is 397 g/mol. The van der Waals surface area contributed by atoms with E-state index in [-0.39, 0.29) is 6.10 Å². The fraction of sp³-hybridized carbons (Fsp3) is 0.714. The lowest BCUT2D eigenvalue weighted by Crippen LogP contribution is -2.35. The largest absolute Gasteiger partial charge is 0.393 e. The molecule has 0 aromatic heterocycles. The van der Waals surface area contributed by atoms with Crippen LogP contribution in [0.3, 0.4) is 0 Å². The Labute approximate surface area is 180 Å². The lowest BCUT2D eigenvalue weighted by molar-refractivity contribution is 0.112. The molecule has 162 valence electrons. The summed E-state index contributed by atoms with van der Waals surface area (Å²) in [6, 6.07) is 0. The highest BCUT2D eigenvalue weighted by Gasteiger charge is 2.50. The number of aliphatic hydroxyl groups excluding tert-OH is 1. The molecule has 29 heavy (non-hydrogen) atoms. The number of fused-ring (bicyclic) bond motifs is 1. The van der Waals surface area contributed by atoms with Crippen molar-refractivity contribution < 1.29 is 5.11 Å². The molecule has 1 N–H and O–H groups in total. The molecule has 1 heteroatoms. The highest BCUT2D eigenvalue weighted by atomic mass is 16.3. The summed E-state index contributed by atoms with van der Waals surface area (Å²) in [7, 11) is 0. The Bertz CT molecular complexity index is 678. The van der Waals surface area contributed by atoms with Crippen LogP contribution in [0.15, 0.2) is 47.6 Å². The van der Waals surface area contributed by atoms with Crippen LogP contribution in [0.2, 0.25) is 0 Å². The maximum Gasteiger partial charge on any atom is 0.0583 e. The minimum Gasteiger partial charge on any atom is -0.393 e. The summed E-state index contributed by atoms with van der Waals surface area (Å²) in [6.07, 6.45) is 18.8. The van der Waals surface area contributed by atoms with Crippen molar-refractivity contribution in [1.82, 2.24) is 0 Å². The SMILES string of the molecule is C=C1CC[C@H](O)C/C1=C\C=C1/CCC[C@]2(C)[C@@H]([C@H](C)C=C[C@H](C)C(C)C)CC[C@@H]12. The molecule has 6 atom stereocenters. The van der Waals surface area contributed by atoms with Gasteiger partial charge in [-0.1, -0.05) is 76.6 Å². The molecule has 0 amide bonds. The van der Waals surface area contributed by atoms with Crippen molar-refractivity contribution in [3.63, 3.8) is 0 Å². The molecule has 3 aliphatic rings. The van der Waals surface area contributed by atoms with Crippen LogP contribution in [0.5, 0.6) is 0 Å². The summed E-state index contributed by atoms with van der Waals surface area (Å²) in [6.45, 7) is 16.3. The van der Waals surface area contributed by atoms with Gasteiger partial charge in [0, 0.05) is 0 Å². The quantitative estimate of drug-likeness (QED) is 0.473. The van der Waals surface area contributed by atoms with Crippen LogP contribution in [0.1, 0.15) is 86.0 Å². The molecule has 0 aliphatic heterocycles. The third-order valence-electron chi connectivity index (χ3n) is 8.63. The van der Waals surface area contributed by atoms with Crippen molar-refractivity contribution >= 4 is 0 Å². The molecular formula is C28H44O. The zero-order valence-corrected chi connectivity index (χ0v) is 19.6. The fourth-order valence-electron chi connectivity index (χ4n) is 6.25. The number of hydrogen-bond acceptors (Lipinski definition) is 1. The number of aliphatic hydroxyl groups is 1. The van der Waals surface area contributed by atoms with Crippen molar-refractivity contribution in [3.8, 4) is 0 Å². The van der Waals surface area contributed by atoms with Gasteiger partial charge in [-0.15, -0.1) is 0 Å². The molecule has 0 heterocycles.